The molecule has 1 aromatic carbocycles. The first kappa shape index (κ1) is 16.9. The molecule has 0 atom stereocenters. The zero-order chi connectivity index (χ0) is 18.0. The fourth-order valence-electron chi connectivity index (χ4n) is 2.52. The summed E-state index contributed by atoms with van der Waals surface area (Å²) in [6.45, 7) is 0. The van der Waals surface area contributed by atoms with Gasteiger partial charge in [-0.25, -0.2) is 0 Å². The number of thiocarbonyl (C=S) groups is 1. The first-order valence-electron chi connectivity index (χ1n) is 7.52. The Morgan fingerprint density at radius 1 is 1.08 bits per heavy atom. The highest BCUT2D eigenvalue weighted by Crippen LogP contribution is 2.33. The largest absolute Gasteiger partial charge is 0.497 e. The maximum atomic E-state index is 13.0. The molecule has 0 saturated carbocycles. The maximum absolute atomic E-state index is 13.0. The van der Waals surface area contributed by atoms with Crippen LogP contribution in [-0.2, 0) is 4.79 Å². The minimum atomic E-state index is -0.209. The standard InChI is InChI=1S/C18H17N3O3S/c1-20-16(8-12-4-6-19-7-5-12)17(22)21(18(20)25)13-9-14(23-2)11-15(10-13)24-3/h4-11H,1-3H3/b16-8+. The summed E-state index contributed by atoms with van der Waals surface area (Å²) in [4.78, 5) is 20.1. The average molecular weight is 355 g/mol. The van der Waals surface area contributed by atoms with E-state index in [4.69, 9.17) is 21.7 Å². The summed E-state index contributed by atoms with van der Waals surface area (Å²) in [5.74, 6) is 0.956. The average Bonchev–Trinajstić information content (AvgIpc) is 2.85. The van der Waals surface area contributed by atoms with E-state index in [0.717, 1.165) is 5.56 Å². The van der Waals surface area contributed by atoms with E-state index in [1.54, 1.807) is 62.8 Å². The van der Waals surface area contributed by atoms with Crippen LogP contribution in [0.1, 0.15) is 5.56 Å². The zero-order valence-electron chi connectivity index (χ0n) is 14.1. The number of pyridine rings is 1. The summed E-state index contributed by atoms with van der Waals surface area (Å²) >= 11 is 5.47. The van der Waals surface area contributed by atoms with E-state index in [1.165, 1.54) is 4.90 Å². The summed E-state index contributed by atoms with van der Waals surface area (Å²) in [7, 11) is 4.89. The number of nitrogens with zero attached hydrogens (tertiary/aromatic N) is 3. The van der Waals surface area contributed by atoms with Gasteiger partial charge in [0.15, 0.2) is 5.11 Å². The lowest BCUT2D eigenvalue weighted by molar-refractivity contribution is -0.114. The Balaban J connectivity index is 2.03. The van der Waals surface area contributed by atoms with Gasteiger partial charge in [0.05, 0.1) is 19.9 Å². The molecule has 1 aliphatic heterocycles. The van der Waals surface area contributed by atoms with Gasteiger partial charge in [0.25, 0.3) is 5.91 Å². The summed E-state index contributed by atoms with van der Waals surface area (Å²) in [6, 6.07) is 8.89. The van der Waals surface area contributed by atoms with Gasteiger partial charge >= 0.3 is 0 Å². The minimum Gasteiger partial charge on any atom is -0.497 e. The Hall–Kier alpha value is -2.93. The van der Waals surface area contributed by atoms with Gasteiger partial charge in [-0.15, -0.1) is 0 Å². The second kappa shape index (κ2) is 6.90. The Morgan fingerprint density at radius 3 is 2.24 bits per heavy atom. The number of carbonyl (C=O) groups excluding carboxylic acids is 1. The van der Waals surface area contributed by atoms with Gasteiger partial charge in [-0.2, -0.15) is 0 Å². The Labute approximate surface area is 151 Å². The monoisotopic (exact) mass is 355 g/mol. The van der Waals surface area contributed by atoms with Gasteiger partial charge in [-0.3, -0.25) is 14.7 Å². The summed E-state index contributed by atoms with van der Waals surface area (Å²) in [5, 5.41) is 0.389. The molecule has 1 amide bonds. The van der Waals surface area contributed by atoms with Crippen LogP contribution in [0.15, 0.2) is 48.4 Å². The van der Waals surface area contributed by atoms with Crippen LogP contribution in [0, 0.1) is 0 Å². The highest BCUT2D eigenvalue weighted by atomic mass is 32.1. The lowest BCUT2D eigenvalue weighted by atomic mass is 10.2. The molecule has 0 radical (unpaired) electrons. The molecule has 128 valence electrons. The predicted octanol–water partition coefficient (Wildman–Crippen LogP) is 2.70. The summed E-state index contributed by atoms with van der Waals surface area (Å²) in [6.07, 6.45) is 5.14. The first-order valence-corrected chi connectivity index (χ1v) is 7.93. The second-order valence-corrected chi connectivity index (χ2v) is 5.73. The molecule has 3 rings (SSSR count). The van der Waals surface area contributed by atoms with E-state index in [1.807, 2.05) is 12.1 Å². The third-order valence-electron chi connectivity index (χ3n) is 3.87. The van der Waals surface area contributed by atoms with E-state index in [2.05, 4.69) is 4.98 Å². The summed E-state index contributed by atoms with van der Waals surface area (Å²) in [5.41, 5.74) is 1.95. The molecule has 0 unspecified atom stereocenters. The van der Waals surface area contributed by atoms with Crippen molar-refractivity contribution in [3.05, 3.63) is 54.0 Å². The molecular formula is C18H17N3O3S. The SMILES string of the molecule is COc1cc(OC)cc(N2C(=O)/C(=C\c3ccncc3)N(C)C2=S)c1. The molecule has 0 N–H and O–H groups in total. The van der Waals surface area contributed by atoms with Gasteiger partial charge < -0.3 is 14.4 Å². The number of benzene rings is 1. The highest BCUT2D eigenvalue weighted by Gasteiger charge is 2.37. The van der Waals surface area contributed by atoms with Crippen LogP contribution in [0.2, 0.25) is 0 Å². The number of carbonyl (C=O) groups is 1. The van der Waals surface area contributed by atoms with E-state index in [-0.39, 0.29) is 5.91 Å². The molecule has 6 nitrogen and oxygen atoms in total. The van der Waals surface area contributed by atoms with Crippen molar-refractivity contribution in [2.75, 3.05) is 26.2 Å². The predicted molar refractivity (Wildman–Crippen MR) is 99.6 cm³/mol. The summed E-state index contributed by atoms with van der Waals surface area (Å²) < 4.78 is 10.6. The number of likely N-dealkylation sites (N-methyl/N-ethyl adjacent to an activating group) is 1. The molecule has 0 spiro atoms. The number of rotatable bonds is 4. The third-order valence-corrected chi connectivity index (χ3v) is 4.32. The van der Waals surface area contributed by atoms with Crippen molar-refractivity contribution in [1.29, 1.82) is 0 Å². The second-order valence-electron chi connectivity index (χ2n) is 5.36. The van der Waals surface area contributed by atoms with Crippen LogP contribution >= 0.6 is 12.2 Å². The molecule has 0 bridgehead atoms. The van der Waals surface area contributed by atoms with Crippen LogP contribution < -0.4 is 14.4 Å². The molecule has 25 heavy (non-hydrogen) atoms. The maximum Gasteiger partial charge on any atom is 0.281 e. The first-order chi connectivity index (χ1) is 12.0. The minimum absolute atomic E-state index is 0.209. The fourth-order valence-corrected chi connectivity index (χ4v) is 2.81. The van der Waals surface area contributed by atoms with Gasteiger partial charge in [0.1, 0.15) is 17.2 Å². The van der Waals surface area contributed by atoms with Crippen molar-refractivity contribution >= 4 is 35.0 Å². The molecule has 0 aliphatic carbocycles. The molecular weight excluding hydrogens is 338 g/mol. The van der Waals surface area contributed by atoms with E-state index in [0.29, 0.717) is 28.0 Å². The van der Waals surface area contributed by atoms with Crippen molar-refractivity contribution in [2.24, 2.45) is 0 Å². The number of hydrogen-bond donors (Lipinski definition) is 0. The fraction of sp³-hybridized carbons (Fsp3) is 0.167. The van der Waals surface area contributed by atoms with Crippen molar-refractivity contribution in [3.8, 4) is 11.5 Å². The lowest BCUT2D eigenvalue weighted by Crippen LogP contribution is -2.31. The topological polar surface area (TPSA) is 54.9 Å². The van der Waals surface area contributed by atoms with Crippen molar-refractivity contribution in [3.63, 3.8) is 0 Å². The molecule has 1 aliphatic rings. The van der Waals surface area contributed by atoms with Crippen molar-refractivity contribution < 1.29 is 14.3 Å². The molecule has 1 fully saturated rings. The zero-order valence-corrected chi connectivity index (χ0v) is 14.9. The smallest absolute Gasteiger partial charge is 0.281 e. The van der Waals surface area contributed by atoms with Crippen LogP contribution in [0.4, 0.5) is 5.69 Å². The van der Waals surface area contributed by atoms with Gasteiger partial charge in [0, 0.05) is 37.6 Å². The van der Waals surface area contributed by atoms with E-state index in [9.17, 15) is 4.79 Å². The number of hydrogen-bond acceptors (Lipinski definition) is 5. The Morgan fingerprint density at radius 2 is 1.68 bits per heavy atom. The van der Waals surface area contributed by atoms with Crippen LogP contribution in [0.5, 0.6) is 11.5 Å². The highest BCUT2D eigenvalue weighted by molar-refractivity contribution is 7.80. The number of methoxy groups -OCH3 is 2. The van der Waals surface area contributed by atoms with Crippen LogP contribution in [-0.4, -0.2) is 42.2 Å². The van der Waals surface area contributed by atoms with Gasteiger partial charge in [-0.1, -0.05) is 0 Å². The van der Waals surface area contributed by atoms with Gasteiger partial charge in [0.2, 0.25) is 0 Å². The molecule has 2 aromatic rings. The number of amides is 1. The lowest BCUT2D eigenvalue weighted by Gasteiger charge is -2.18. The normalized spacial score (nSPS) is 15.9. The molecule has 1 aromatic heterocycles. The number of ether oxygens (including phenoxy) is 2. The van der Waals surface area contributed by atoms with E-state index < -0.39 is 0 Å². The van der Waals surface area contributed by atoms with Crippen molar-refractivity contribution in [1.82, 2.24) is 9.88 Å². The molecule has 1 saturated heterocycles. The Kier molecular flexibility index (Phi) is 4.67. The quantitative estimate of drug-likeness (QED) is 0.621. The third kappa shape index (κ3) is 3.18. The Bertz CT molecular complexity index is 830. The molecule has 2 heterocycles. The van der Waals surface area contributed by atoms with Crippen molar-refractivity contribution in [2.45, 2.75) is 0 Å². The van der Waals surface area contributed by atoms with E-state index >= 15 is 0 Å². The van der Waals surface area contributed by atoms with Gasteiger partial charge in [-0.05, 0) is 36.0 Å². The van der Waals surface area contributed by atoms with Crippen LogP contribution in [0.3, 0.4) is 0 Å². The van der Waals surface area contributed by atoms with Crippen LogP contribution in [0.25, 0.3) is 6.08 Å². The number of aromatic nitrogens is 1. The molecule has 7 heteroatoms. The number of anilines is 1.